The number of morpholine rings is 1. The molecule has 174 valence electrons. The number of imide groups is 1. The molecule has 4 rings (SSSR count). The van der Waals surface area contributed by atoms with Crippen molar-refractivity contribution in [1.82, 2.24) is 14.7 Å². The van der Waals surface area contributed by atoms with Gasteiger partial charge in [-0.2, -0.15) is 0 Å². The van der Waals surface area contributed by atoms with E-state index < -0.39 is 0 Å². The molecule has 0 aliphatic carbocycles. The summed E-state index contributed by atoms with van der Waals surface area (Å²) in [4.78, 5) is 33.2. The molecular formula is C25H35N3O4. The topological polar surface area (TPSA) is 62.3 Å². The van der Waals surface area contributed by atoms with Crippen molar-refractivity contribution in [2.24, 2.45) is 11.8 Å². The predicted molar refractivity (Wildman–Crippen MR) is 123 cm³/mol. The monoisotopic (exact) mass is 441 g/mol. The van der Waals surface area contributed by atoms with Crippen LogP contribution in [0.3, 0.4) is 0 Å². The van der Waals surface area contributed by atoms with Crippen LogP contribution in [-0.2, 0) is 14.3 Å². The standard InChI is InChI=1S/C25H35N3O4/c1-18-15-19(2)17-27(16-18)23-22(20-7-4-5-8-21(20)31-3)24(29)28(25(23)30)10-6-9-26-11-13-32-14-12-26/h4-5,7-8,18-19H,6,9-17H2,1-3H3. The van der Waals surface area contributed by atoms with Crippen molar-refractivity contribution in [1.29, 1.82) is 0 Å². The molecule has 32 heavy (non-hydrogen) atoms. The van der Waals surface area contributed by atoms with Crippen LogP contribution in [0.15, 0.2) is 30.0 Å². The van der Waals surface area contributed by atoms with E-state index in [0.717, 1.165) is 58.8 Å². The van der Waals surface area contributed by atoms with E-state index in [0.29, 0.717) is 41.0 Å². The first-order valence-electron chi connectivity index (χ1n) is 11.8. The highest BCUT2D eigenvalue weighted by Gasteiger charge is 2.43. The van der Waals surface area contributed by atoms with Gasteiger partial charge < -0.3 is 14.4 Å². The SMILES string of the molecule is COc1ccccc1C1=C(N2CC(C)CC(C)C2)C(=O)N(CCCN2CCOCC2)C1=O. The van der Waals surface area contributed by atoms with Crippen molar-refractivity contribution >= 4 is 17.4 Å². The summed E-state index contributed by atoms with van der Waals surface area (Å²) in [6.07, 6.45) is 1.90. The van der Waals surface area contributed by atoms with Gasteiger partial charge in [-0.15, -0.1) is 0 Å². The Labute approximate surface area is 190 Å². The number of hydrogen-bond donors (Lipinski definition) is 0. The zero-order valence-electron chi connectivity index (χ0n) is 19.5. The van der Waals surface area contributed by atoms with E-state index in [2.05, 4.69) is 23.6 Å². The van der Waals surface area contributed by atoms with Gasteiger partial charge in [-0.1, -0.05) is 32.0 Å². The maximum absolute atomic E-state index is 13.6. The van der Waals surface area contributed by atoms with Crippen molar-refractivity contribution in [3.63, 3.8) is 0 Å². The van der Waals surface area contributed by atoms with E-state index >= 15 is 0 Å². The van der Waals surface area contributed by atoms with Crippen molar-refractivity contribution < 1.29 is 19.1 Å². The molecule has 2 amide bonds. The molecule has 2 saturated heterocycles. The fourth-order valence-electron chi connectivity index (χ4n) is 5.28. The zero-order chi connectivity index (χ0) is 22.7. The van der Waals surface area contributed by atoms with Crippen LogP contribution in [-0.4, -0.2) is 86.1 Å². The van der Waals surface area contributed by atoms with Crippen LogP contribution in [0.2, 0.25) is 0 Å². The molecule has 0 bridgehead atoms. The Kier molecular flexibility index (Phi) is 7.16. The first-order valence-corrected chi connectivity index (χ1v) is 11.8. The third-order valence-electron chi connectivity index (χ3n) is 6.66. The van der Waals surface area contributed by atoms with Gasteiger partial charge in [0.2, 0.25) is 0 Å². The number of carbonyl (C=O) groups excluding carboxylic acids is 2. The Morgan fingerprint density at radius 3 is 2.38 bits per heavy atom. The number of piperidine rings is 1. The first-order chi connectivity index (χ1) is 15.5. The molecule has 3 aliphatic rings. The Hall–Kier alpha value is -2.38. The lowest BCUT2D eigenvalue weighted by atomic mass is 9.91. The fourth-order valence-corrected chi connectivity index (χ4v) is 5.28. The highest BCUT2D eigenvalue weighted by molar-refractivity contribution is 6.36. The molecule has 0 radical (unpaired) electrons. The smallest absolute Gasteiger partial charge is 0.277 e. The van der Waals surface area contributed by atoms with Gasteiger partial charge in [0.25, 0.3) is 11.8 Å². The maximum atomic E-state index is 13.6. The summed E-state index contributed by atoms with van der Waals surface area (Å²) in [6, 6.07) is 7.51. The second kappa shape index (κ2) is 10.0. The minimum absolute atomic E-state index is 0.167. The second-order valence-corrected chi connectivity index (χ2v) is 9.34. The summed E-state index contributed by atoms with van der Waals surface area (Å²) >= 11 is 0. The normalized spacial score (nSPS) is 25.1. The van der Waals surface area contributed by atoms with Crippen LogP contribution in [0.1, 0.15) is 32.3 Å². The maximum Gasteiger partial charge on any atom is 0.277 e. The molecule has 1 aromatic rings. The number of hydrogen-bond acceptors (Lipinski definition) is 6. The van der Waals surface area contributed by atoms with Crippen LogP contribution in [0.5, 0.6) is 5.75 Å². The number of ether oxygens (including phenoxy) is 2. The van der Waals surface area contributed by atoms with Gasteiger partial charge in [0.05, 0.1) is 25.9 Å². The van der Waals surface area contributed by atoms with Crippen LogP contribution in [0.25, 0.3) is 5.57 Å². The lowest BCUT2D eigenvalue weighted by Crippen LogP contribution is -2.42. The lowest BCUT2D eigenvalue weighted by molar-refractivity contribution is -0.137. The number of nitrogens with zero attached hydrogens (tertiary/aromatic N) is 3. The van der Waals surface area contributed by atoms with Gasteiger partial charge in [-0.05, 0) is 30.7 Å². The van der Waals surface area contributed by atoms with Gasteiger partial charge in [0.15, 0.2) is 0 Å². The summed E-state index contributed by atoms with van der Waals surface area (Å²) in [7, 11) is 1.60. The van der Waals surface area contributed by atoms with Crippen molar-refractivity contribution in [3.05, 3.63) is 35.5 Å². The molecule has 2 unspecified atom stereocenters. The number of para-hydroxylation sites is 1. The molecule has 3 aliphatic heterocycles. The fraction of sp³-hybridized carbons (Fsp3) is 0.600. The predicted octanol–water partition coefficient (Wildman–Crippen LogP) is 2.48. The van der Waals surface area contributed by atoms with Gasteiger partial charge >= 0.3 is 0 Å². The van der Waals surface area contributed by atoms with Crippen molar-refractivity contribution in [3.8, 4) is 5.75 Å². The highest BCUT2D eigenvalue weighted by Crippen LogP contribution is 2.38. The Balaban J connectivity index is 1.61. The molecule has 2 atom stereocenters. The molecule has 0 N–H and O–H groups in total. The molecule has 0 spiro atoms. The first kappa shape index (κ1) is 22.8. The average molecular weight is 442 g/mol. The van der Waals surface area contributed by atoms with E-state index in [4.69, 9.17) is 9.47 Å². The molecule has 0 saturated carbocycles. The third-order valence-corrected chi connectivity index (χ3v) is 6.66. The lowest BCUT2D eigenvalue weighted by Gasteiger charge is -2.37. The summed E-state index contributed by atoms with van der Waals surface area (Å²) < 4.78 is 11.0. The number of methoxy groups -OCH3 is 1. The highest BCUT2D eigenvalue weighted by atomic mass is 16.5. The van der Waals surface area contributed by atoms with Crippen molar-refractivity contribution in [2.45, 2.75) is 26.7 Å². The quantitative estimate of drug-likeness (QED) is 0.606. The van der Waals surface area contributed by atoms with Crippen molar-refractivity contribution in [2.75, 3.05) is 59.6 Å². The number of likely N-dealkylation sites (tertiary alicyclic amines) is 1. The molecule has 0 aromatic heterocycles. The minimum atomic E-state index is -0.206. The number of benzene rings is 1. The third kappa shape index (κ3) is 4.69. The van der Waals surface area contributed by atoms with E-state index in [-0.39, 0.29) is 11.8 Å². The summed E-state index contributed by atoms with van der Waals surface area (Å²) in [6.45, 7) is 10.6. The number of amides is 2. The number of carbonyl (C=O) groups is 2. The van der Waals surface area contributed by atoms with Gasteiger partial charge in [0.1, 0.15) is 11.4 Å². The van der Waals surface area contributed by atoms with Gasteiger partial charge in [-0.25, -0.2) is 0 Å². The molecule has 1 aromatic carbocycles. The summed E-state index contributed by atoms with van der Waals surface area (Å²) in [5, 5.41) is 0. The Morgan fingerprint density at radius 2 is 1.69 bits per heavy atom. The Bertz CT molecular complexity index is 868. The molecule has 7 nitrogen and oxygen atoms in total. The van der Waals surface area contributed by atoms with Crippen LogP contribution < -0.4 is 4.74 Å². The molecule has 2 fully saturated rings. The summed E-state index contributed by atoms with van der Waals surface area (Å²) in [5.41, 5.74) is 1.73. The van der Waals surface area contributed by atoms with Gasteiger partial charge in [0, 0.05) is 44.8 Å². The molecule has 3 heterocycles. The largest absolute Gasteiger partial charge is 0.496 e. The molecular weight excluding hydrogens is 406 g/mol. The van der Waals surface area contributed by atoms with E-state index in [1.165, 1.54) is 4.90 Å². The number of rotatable bonds is 7. The van der Waals surface area contributed by atoms with Crippen LogP contribution in [0, 0.1) is 11.8 Å². The van der Waals surface area contributed by atoms with E-state index in [1.54, 1.807) is 7.11 Å². The van der Waals surface area contributed by atoms with E-state index in [9.17, 15) is 9.59 Å². The van der Waals surface area contributed by atoms with Crippen LogP contribution >= 0.6 is 0 Å². The summed E-state index contributed by atoms with van der Waals surface area (Å²) in [5.74, 6) is 1.20. The average Bonchev–Trinajstić information content (AvgIpc) is 3.03. The molecule has 7 heteroatoms. The van der Waals surface area contributed by atoms with Gasteiger partial charge in [-0.3, -0.25) is 19.4 Å². The zero-order valence-corrected chi connectivity index (χ0v) is 19.5. The second-order valence-electron chi connectivity index (χ2n) is 9.34. The van der Waals surface area contributed by atoms with Crippen LogP contribution in [0.4, 0.5) is 0 Å². The minimum Gasteiger partial charge on any atom is -0.496 e. The Morgan fingerprint density at radius 1 is 1.00 bits per heavy atom. The van der Waals surface area contributed by atoms with E-state index in [1.807, 2.05) is 24.3 Å².